The predicted octanol–water partition coefficient (Wildman–Crippen LogP) is 4.52. The van der Waals surface area contributed by atoms with Gasteiger partial charge in [0.2, 0.25) is 11.8 Å². The molecule has 0 bridgehead atoms. The van der Waals surface area contributed by atoms with Crippen molar-refractivity contribution in [1.82, 2.24) is 0 Å². The van der Waals surface area contributed by atoms with Crippen LogP contribution in [-0.2, 0) is 9.59 Å². The van der Waals surface area contributed by atoms with E-state index in [1.54, 1.807) is 13.8 Å². The molecule has 0 fully saturated rings. The van der Waals surface area contributed by atoms with Gasteiger partial charge >= 0.3 is 0 Å². The van der Waals surface area contributed by atoms with Crippen LogP contribution < -0.4 is 10.6 Å². The summed E-state index contributed by atoms with van der Waals surface area (Å²) in [7, 11) is 0. The van der Waals surface area contributed by atoms with E-state index in [0.717, 1.165) is 27.9 Å². The molecule has 0 spiro atoms. The molecule has 0 heterocycles. The predicted molar refractivity (Wildman–Crippen MR) is 103 cm³/mol. The summed E-state index contributed by atoms with van der Waals surface area (Å²) in [6.07, 6.45) is 0. The van der Waals surface area contributed by atoms with Crippen molar-refractivity contribution in [1.29, 1.82) is 0 Å². The van der Waals surface area contributed by atoms with Gasteiger partial charge in [0.05, 0.1) is 0 Å². The van der Waals surface area contributed by atoms with Crippen molar-refractivity contribution in [3.8, 4) is 0 Å². The number of aryl methyl sites for hydroxylation is 4. The summed E-state index contributed by atoms with van der Waals surface area (Å²) in [5, 5.41) is 5.72. The van der Waals surface area contributed by atoms with Crippen molar-refractivity contribution in [2.45, 2.75) is 41.5 Å². The Morgan fingerprint density at radius 1 is 0.760 bits per heavy atom. The number of hydrogen-bond donors (Lipinski definition) is 2. The lowest BCUT2D eigenvalue weighted by Crippen LogP contribution is -2.41. The van der Waals surface area contributed by atoms with Gasteiger partial charge in [-0.1, -0.05) is 23.8 Å². The fourth-order valence-electron chi connectivity index (χ4n) is 2.67. The summed E-state index contributed by atoms with van der Waals surface area (Å²) in [5.74, 6) is -0.666. The lowest BCUT2D eigenvalue weighted by Gasteiger charge is -2.23. The van der Waals surface area contributed by atoms with Crippen molar-refractivity contribution in [3.05, 3.63) is 58.7 Å². The molecule has 0 atom stereocenters. The lowest BCUT2D eigenvalue weighted by molar-refractivity contribution is -0.135. The van der Waals surface area contributed by atoms with E-state index in [-0.39, 0.29) is 11.8 Å². The zero-order valence-electron chi connectivity index (χ0n) is 15.8. The monoisotopic (exact) mass is 338 g/mol. The van der Waals surface area contributed by atoms with Gasteiger partial charge < -0.3 is 10.6 Å². The molecular formula is C21H26N2O2. The highest BCUT2D eigenvalue weighted by molar-refractivity contribution is 6.14. The summed E-state index contributed by atoms with van der Waals surface area (Å²) in [6, 6.07) is 11.6. The highest BCUT2D eigenvalue weighted by Gasteiger charge is 2.36. The quantitative estimate of drug-likeness (QED) is 0.805. The number of amides is 2. The number of hydrogen-bond acceptors (Lipinski definition) is 2. The number of anilines is 2. The Bertz CT molecular complexity index is 802. The molecule has 0 aliphatic heterocycles. The second-order valence-electron chi connectivity index (χ2n) is 7.23. The maximum Gasteiger partial charge on any atom is 0.239 e. The van der Waals surface area contributed by atoms with Crippen molar-refractivity contribution >= 4 is 23.2 Å². The fraction of sp³-hybridized carbons (Fsp3) is 0.333. The van der Waals surface area contributed by atoms with Gasteiger partial charge in [0.1, 0.15) is 5.41 Å². The summed E-state index contributed by atoms with van der Waals surface area (Å²) in [6.45, 7) is 11.1. The molecule has 2 rings (SSSR count). The molecule has 2 N–H and O–H groups in total. The van der Waals surface area contributed by atoms with E-state index < -0.39 is 5.41 Å². The first-order valence-electron chi connectivity index (χ1n) is 8.38. The SMILES string of the molecule is Cc1cc(C)cc(NC(=O)C(C)(C)C(=O)Nc2ccc(C)cc2C)c1. The maximum absolute atomic E-state index is 12.7. The number of benzene rings is 2. The molecule has 25 heavy (non-hydrogen) atoms. The van der Waals surface area contributed by atoms with Crippen LogP contribution in [0.5, 0.6) is 0 Å². The number of carbonyl (C=O) groups is 2. The third-order valence-electron chi connectivity index (χ3n) is 4.24. The number of rotatable bonds is 4. The second kappa shape index (κ2) is 7.09. The molecule has 2 aromatic carbocycles. The summed E-state index contributed by atoms with van der Waals surface area (Å²) in [4.78, 5) is 25.3. The summed E-state index contributed by atoms with van der Waals surface area (Å²) >= 11 is 0. The standard InChI is InChI=1S/C21H26N2O2/c1-13-7-8-18(16(4)10-13)23-20(25)21(5,6)19(24)22-17-11-14(2)9-15(3)12-17/h7-12H,1-6H3,(H,22,24)(H,23,25). The first kappa shape index (κ1) is 18.7. The molecule has 0 aliphatic rings. The third-order valence-corrected chi connectivity index (χ3v) is 4.24. The van der Waals surface area contributed by atoms with Gasteiger partial charge in [-0.2, -0.15) is 0 Å². The molecule has 2 aromatic rings. The third kappa shape index (κ3) is 4.47. The molecule has 0 aliphatic carbocycles. The lowest BCUT2D eigenvalue weighted by atomic mass is 9.90. The first-order valence-corrected chi connectivity index (χ1v) is 8.38. The van der Waals surface area contributed by atoms with Gasteiger partial charge in [-0.15, -0.1) is 0 Å². The second-order valence-corrected chi connectivity index (χ2v) is 7.23. The van der Waals surface area contributed by atoms with Crippen molar-refractivity contribution in [2.24, 2.45) is 5.41 Å². The molecule has 4 nitrogen and oxygen atoms in total. The average molecular weight is 338 g/mol. The van der Waals surface area contributed by atoms with Gasteiger partial charge in [0.25, 0.3) is 0 Å². The van der Waals surface area contributed by atoms with Gasteiger partial charge in [0.15, 0.2) is 0 Å². The highest BCUT2D eigenvalue weighted by Crippen LogP contribution is 2.24. The molecule has 0 unspecified atom stereocenters. The van der Waals surface area contributed by atoms with Crippen LogP contribution in [0.15, 0.2) is 36.4 Å². The zero-order chi connectivity index (χ0) is 18.8. The molecule has 0 radical (unpaired) electrons. The van der Waals surface area contributed by atoms with Crippen LogP contribution in [0.4, 0.5) is 11.4 Å². The summed E-state index contributed by atoms with van der Waals surface area (Å²) in [5.41, 5.74) is 4.45. The number of nitrogens with one attached hydrogen (secondary N) is 2. The normalized spacial score (nSPS) is 11.1. The molecule has 0 saturated carbocycles. The minimum absolute atomic E-state index is 0.332. The topological polar surface area (TPSA) is 58.2 Å². The summed E-state index contributed by atoms with van der Waals surface area (Å²) < 4.78 is 0. The smallest absolute Gasteiger partial charge is 0.239 e. The van der Waals surface area contributed by atoms with E-state index in [1.807, 2.05) is 64.1 Å². The largest absolute Gasteiger partial charge is 0.325 e. The van der Waals surface area contributed by atoms with Crippen LogP contribution in [0.25, 0.3) is 0 Å². The molecule has 0 aromatic heterocycles. The van der Waals surface area contributed by atoms with Crippen molar-refractivity contribution in [3.63, 3.8) is 0 Å². The van der Waals surface area contributed by atoms with Gasteiger partial charge in [0, 0.05) is 11.4 Å². The minimum atomic E-state index is -1.20. The van der Waals surface area contributed by atoms with E-state index in [0.29, 0.717) is 5.69 Å². The Morgan fingerprint density at radius 2 is 1.32 bits per heavy atom. The van der Waals surface area contributed by atoms with E-state index in [9.17, 15) is 9.59 Å². The van der Waals surface area contributed by atoms with Gasteiger partial charge in [-0.25, -0.2) is 0 Å². The zero-order valence-corrected chi connectivity index (χ0v) is 15.8. The van der Waals surface area contributed by atoms with Crippen LogP contribution in [0.3, 0.4) is 0 Å². The Hall–Kier alpha value is -2.62. The van der Waals surface area contributed by atoms with Crippen molar-refractivity contribution in [2.75, 3.05) is 10.6 Å². The molecule has 0 saturated heterocycles. The minimum Gasteiger partial charge on any atom is -0.325 e. The fourth-order valence-corrected chi connectivity index (χ4v) is 2.67. The Kier molecular flexibility index (Phi) is 5.31. The Labute approximate surface area is 149 Å². The molecule has 4 heteroatoms. The van der Waals surface area contributed by atoms with Crippen LogP contribution in [0, 0.1) is 33.1 Å². The molecule has 2 amide bonds. The number of carbonyl (C=O) groups excluding carboxylic acids is 2. The molecule has 132 valence electrons. The Morgan fingerprint density at radius 3 is 1.88 bits per heavy atom. The Balaban J connectivity index is 2.15. The highest BCUT2D eigenvalue weighted by atomic mass is 16.2. The van der Waals surface area contributed by atoms with Crippen LogP contribution in [0.1, 0.15) is 36.1 Å². The van der Waals surface area contributed by atoms with Crippen molar-refractivity contribution < 1.29 is 9.59 Å². The maximum atomic E-state index is 12.7. The van der Waals surface area contributed by atoms with Crippen LogP contribution >= 0.6 is 0 Å². The van der Waals surface area contributed by atoms with Gasteiger partial charge in [-0.05, 0) is 76.4 Å². The van der Waals surface area contributed by atoms with Crippen LogP contribution in [-0.4, -0.2) is 11.8 Å². The average Bonchev–Trinajstić information content (AvgIpc) is 2.48. The van der Waals surface area contributed by atoms with Gasteiger partial charge in [-0.3, -0.25) is 9.59 Å². The van der Waals surface area contributed by atoms with E-state index in [4.69, 9.17) is 0 Å². The van der Waals surface area contributed by atoms with E-state index >= 15 is 0 Å². The van der Waals surface area contributed by atoms with E-state index in [1.165, 1.54) is 0 Å². The first-order chi connectivity index (χ1) is 11.6. The molecular weight excluding hydrogens is 312 g/mol. The van der Waals surface area contributed by atoms with Crippen LogP contribution in [0.2, 0.25) is 0 Å². The van der Waals surface area contributed by atoms with E-state index in [2.05, 4.69) is 10.6 Å².